The van der Waals surface area contributed by atoms with Crippen LogP contribution in [0.1, 0.15) is 127 Å². The summed E-state index contributed by atoms with van der Waals surface area (Å²) in [7, 11) is 0. The van der Waals surface area contributed by atoms with Crippen LogP contribution in [-0.2, 0) is 21.7 Å². The van der Waals surface area contributed by atoms with Crippen LogP contribution in [0.15, 0.2) is 199 Å². The Kier molecular flexibility index (Phi) is 12.5. The van der Waals surface area contributed by atoms with Crippen LogP contribution in [0.25, 0.3) is 44.2 Å². The first kappa shape index (κ1) is 54.4. The largest absolute Gasteiger partial charge is 0.455 e. The average Bonchev–Trinajstić information content (AvgIpc) is 1.15. The molecule has 0 bridgehead atoms. The van der Waals surface area contributed by atoms with Gasteiger partial charge in [-0.15, -0.1) is 0 Å². The number of aryl methyl sites for hydroxylation is 4. The van der Waals surface area contributed by atoms with Gasteiger partial charge in [0.1, 0.15) is 11.2 Å². The maximum absolute atomic E-state index is 6.74. The normalized spacial score (nSPS) is 15.0. The highest BCUT2D eigenvalue weighted by Gasteiger charge is 2.48. The molecule has 0 N–H and O–H groups in total. The zero-order chi connectivity index (χ0) is 59.2. The average molecular weight is 1110 g/mol. The lowest BCUT2D eigenvalue weighted by molar-refractivity contribution is 0.332. The number of nitrogens with zero attached hydrogens (tertiary/aromatic N) is 3. The third kappa shape index (κ3) is 8.86. The highest BCUT2D eigenvalue weighted by molar-refractivity contribution is 7.00. The van der Waals surface area contributed by atoms with Crippen molar-refractivity contribution in [1.29, 1.82) is 0 Å². The zero-order valence-electron chi connectivity index (χ0n) is 52.2. The Morgan fingerprint density at radius 2 is 0.965 bits per heavy atom. The van der Waals surface area contributed by atoms with Crippen molar-refractivity contribution in [3.8, 4) is 22.3 Å². The van der Waals surface area contributed by atoms with E-state index in [1.807, 2.05) is 0 Å². The summed E-state index contributed by atoms with van der Waals surface area (Å²) in [6.45, 7) is 33.2. The Morgan fingerprint density at radius 1 is 0.424 bits per heavy atom. The van der Waals surface area contributed by atoms with E-state index in [0.29, 0.717) is 0 Å². The van der Waals surface area contributed by atoms with Crippen LogP contribution in [0.5, 0.6) is 0 Å². The highest BCUT2D eigenvalue weighted by Crippen LogP contribution is 2.54. The standard InChI is InChI=1S/C80H78BN3O/c1-49-23-20-24-50(2)74(49)84-69-48-65-64(79(11,12)39-40-80(65,13)14)47-67(69)81-66-38-37-60(82(58-35-33-56(34-36-58)77(5,6)7)59-28-21-27-54(43-59)53-25-16-15-17-26-53)46-68(66)83(70-44-57(78(8,9)10)45-71(84)73(70)81)75-51(3)41-55(42-52(75)4)61-30-22-31-63-62-29-18-19-32-72(62)85-76(61)63/h15-38,41-48H,39-40H2,1-14H3. The minimum absolute atomic E-state index is 0.00110. The predicted molar refractivity (Wildman–Crippen MR) is 365 cm³/mol. The minimum Gasteiger partial charge on any atom is -0.455 e. The number of fused-ring (bicyclic) bond motifs is 8. The molecule has 10 aromatic carbocycles. The fourth-order valence-corrected chi connectivity index (χ4v) is 14.7. The fourth-order valence-electron chi connectivity index (χ4n) is 14.7. The third-order valence-corrected chi connectivity index (χ3v) is 19.4. The van der Waals surface area contributed by atoms with E-state index in [-0.39, 0.29) is 28.4 Å². The number of furan rings is 1. The number of rotatable bonds is 7. The predicted octanol–water partition coefficient (Wildman–Crippen LogP) is 20.7. The minimum atomic E-state index is -0.192. The van der Waals surface area contributed by atoms with Gasteiger partial charge >= 0.3 is 0 Å². The fraction of sp³-hybridized carbons (Fsp3) is 0.250. The quantitative estimate of drug-likeness (QED) is 0.148. The van der Waals surface area contributed by atoms with Crippen molar-refractivity contribution in [2.24, 2.45) is 0 Å². The van der Waals surface area contributed by atoms with Gasteiger partial charge in [0.25, 0.3) is 6.71 Å². The van der Waals surface area contributed by atoms with E-state index < -0.39 is 0 Å². The van der Waals surface area contributed by atoms with Crippen LogP contribution < -0.4 is 31.1 Å². The smallest absolute Gasteiger partial charge is 0.252 e. The Bertz CT molecular complexity index is 4460. The van der Waals surface area contributed by atoms with Gasteiger partial charge in [-0.05, 0) is 213 Å². The van der Waals surface area contributed by atoms with Crippen molar-refractivity contribution in [3.63, 3.8) is 0 Å². The van der Waals surface area contributed by atoms with Crippen LogP contribution >= 0.6 is 0 Å². The highest BCUT2D eigenvalue weighted by atomic mass is 16.3. The molecular weight excluding hydrogens is 1030 g/mol. The summed E-state index contributed by atoms with van der Waals surface area (Å²) < 4.78 is 6.74. The van der Waals surface area contributed by atoms with Gasteiger partial charge in [0.15, 0.2) is 0 Å². The summed E-state index contributed by atoms with van der Waals surface area (Å²) in [5.74, 6) is 0. The maximum atomic E-state index is 6.74. The van der Waals surface area contributed by atoms with Crippen LogP contribution in [0.2, 0.25) is 0 Å². The first-order valence-electron chi connectivity index (χ1n) is 30.8. The van der Waals surface area contributed by atoms with Crippen molar-refractivity contribution < 1.29 is 4.42 Å². The molecule has 5 heteroatoms. The summed E-state index contributed by atoms with van der Waals surface area (Å²) in [5.41, 5.74) is 31.4. The zero-order valence-corrected chi connectivity index (χ0v) is 52.2. The number of hydrogen-bond donors (Lipinski definition) is 0. The van der Waals surface area contributed by atoms with Crippen LogP contribution in [0.4, 0.5) is 51.2 Å². The molecule has 0 saturated heterocycles. The molecule has 14 rings (SSSR count). The van der Waals surface area contributed by atoms with Gasteiger partial charge in [0.05, 0.1) is 11.4 Å². The van der Waals surface area contributed by atoms with E-state index in [2.05, 4.69) is 306 Å². The lowest BCUT2D eigenvalue weighted by Gasteiger charge is -2.48. The van der Waals surface area contributed by atoms with Crippen LogP contribution in [-0.4, -0.2) is 6.71 Å². The van der Waals surface area contributed by atoms with Crippen LogP contribution in [0, 0.1) is 27.7 Å². The Hall–Kier alpha value is -8.54. The molecule has 1 aromatic heterocycles. The van der Waals surface area contributed by atoms with Crippen molar-refractivity contribution in [3.05, 3.63) is 239 Å². The van der Waals surface area contributed by atoms with Gasteiger partial charge < -0.3 is 19.1 Å². The van der Waals surface area contributed by atoms with Crippen molar-refractivity contribution in [1.82, 2.24) is 0 Å². The Morgan fingerprint density at radius 3 is 1.62 bits per heavy atom. The van der Waals surface area contributed by atoms with E-state index in [9.17, 15) is 0 Å². The molecular formula is C80H78BN3O. The van der Waals surface area contributed by atoms with Gasteiger partial charge in [-0.3, -0.25) is 0 Å². The summed E-state index contributed by atoms with van der Waals surface area (Å²) >= 11 is 0. The van der Waals surface area contributed by atoms with Gasteiger partial charge in [-0.1, -0.05) is 191 Å². The van der Waals surface area contributed by atoms with E-state index >= 15 is 0 Å². The molecule has 0 spiro atoms. The molecule has 1 aliphatic carbocycles. The molecule has 3 aliphatic rings. The van der Waals surface area contributed by atoms with E-state index in [4.69, 9.17) is 4.42 Å². The second-order valence-corrected chi connectivity index (χ2v) is 28.3. The molecule has 0 unspecified atom stereocenters. The number of benzene rings is 10. The molecule has 3 heterocycles. The van der Waals surface area contributed by atoms with Crippen molar-refractivity contribution in [2.75, 3.05) is 14.7 Å². The van der Waals surface area contributed by atoms with E-state index in [1.54, 1.807) is 0 Å². The monoisotopic (exact) mass is 1110 g/mol. The maximum Gasteiger partial charge on any atom is 0.252 e. The molecule has 0 amide bonds. The third-order valence-electron chi connectivity index (χ3n) is 19.4. The topological polar surface area (TPSA) is 22.9 Å². The summed E-state index contributed by atoms with van der Waals surface area (Å²) in [6.07, 6.45) is 2.28. The van der Waals surface area contributed by atoms with Gasteiger partial charge in [-0.25, -0.2) is 0 Å². The molecule has 0 saturated carbocycles. The molecule has 2 aliphatic heterocycles. The Balaban J connectivity index is 1.09. The van der Waals surface area contributed by atoms with Crippen LogP contribution in [0.3, 0.4) is 0 Å². The lowest BCUT2D eigenvalue weighted by atomic mass is 9.33. The van der Waals surface area contributed by atoms with E-state index in [1.165, 1.54) is 106 Å². The molecule has 11 aromatic rings. The number of hydrogen-bond acceptors (Lipinski definition) is 4. The summed E-state index contributed by atoms with van der Waals surface area (Å²) in [5, 5.41) is 2.27. The van der Waals surface area contributed by atoms with E-state index in [0.717, 1.165) is 63.0 Å². The Labute approximate surface area is 504 Å². The SMILES string of the molecule is Cc1cc(-c2cccc3c2oc2ccccc23)cc(C)c1N1c2cc(N(c3ccc(C(C)(C)C)cc3)c3cccc(-c4ccccc4)c3)ccc2B2c3cc4c(cc3N(c3c(C)cccc3C)c3cc(C(C)(C)C)cc1c32)C(C)(C)CCC4(C)C. The number of anilines is 9. The first-order chi connectivity index (χ1) is 40.6. The second-order valence-electron chi connectivity index (χ2n) is 28.3. The van der Waals surface area contributed by atoms with Crippen molar-refractivity contribution in [2.45, 2.75) is 131 Å². The number of para-hydroxylation sites is 3. The summed E-state index contributed by atoms with van der Waals surface area (Å²) in [6, 6.07) is 73.8. The second kappa shape index (κ2) is 19.5. The molecule has 422 valence electrons. The van der Waals surface area contributed by atoms with Crippen molar-refractivity contribution >= 4 is 96.2 Å². The molecule has 0 atom stereocenters. The van der Waals surface area contributed by atoms with Gasteiger partial charge in [-0.2, -0.15) is 0 Å². The first-order valence-corrected chi connectivity index (χ1v) is 30.8. The summed E-state index contributed by atoms with van der Waals surface area (Å²) in [4.78, 5) is 7.86. The lowest BCUT2D eigenvalue weighted by Crippen LogP contribution is -2.62. The van der Waals surface area contributed by atoms with Gasteiger partial charge in [0, 0.05) is 56.1 Å². The van der Waals surface area contributed by atoms with Gasteiger partial charge in [0.2, 0.25) is 0 Å². The molecule has 85 heavy (non-hydrogen) atoms. The molecule has 0 radical (unpaired) electrons. The molecule has 4 nitrogen and oxygen atoms in total. The molecule has 0 fully saturated rings.